The summed E-state index contributed by atoms with van der Waals surface area (Å²) in [6.45, 7) is 10.3. The van der Waals surface area contributed by atoms with Gasteiger partial charge in [0.1, 0.15) is 17.5 Å². The lowest BCUT2D eigenvalue weighted by molar-refractivity contribution is -0.136. The van der Waals surface area contributed by atoms with Crippen LogP contribution in [0.25, 0.3) is 5.57 Å². The summed E-state index contributed by atoms with van der Waals surface area (Å²) >= 11 is 0. The minimum Gasteiger partial charge on any atom is -0.496 e. The number of nitriles is 1. The Balaban J connectivity index is 0.818. The monoisotopic (exact) mass is 735 g/mol. The number of fused-ring (bicyclic) bond motifs is 1. The topological polar surface area (TPSA) is 142 Å². The zero-order valence-electron chi connectivity index (χ0n) is 31.6. The van der Waals surface area contributed by atoms with E-state index >= 15 is 0 Å². The Morgan fingerprint density at radius 3 is 2.37 bits per heavy atom. The molecule has 3 amide bonds. The van der Waals surface area contributed by atoms with Crippen LogP contribution < -0.4 is 19.7 Å². The average Bonchev–Trinajstić information content (AvgIpc) is 3.46. The molecule has 0 aromatic heterocycles. The Morgan fingerprint density at radius 1 is 1.02 bits per heavy atom. The fourth-order valence-electron chi connectivity index (χ4n) is 9.36. The lowest BCUT2D eigenvalue weighted by Crippen LogP contribution is -2.61. The molecule has 1 spiro atoms. The predicted molar refractivity (Wildman–Crippen MR) is 201 cm³/mol. The van der Waals surface area contributed by atoms with Crippen molar-refractivity contribution in [2.24, 2.45) is 11.3 Å². The van der Waals surface area contributed by atoms with E-state index in [0.717, 1.165) is 97.4 Å². The number of piperidine rings is 2. The van der Waals surface area contributed by atoms with Crippen LogP contribution >= 0.6 is 0 Å². The van der Waals surface area contributed by atoms with Crippen LogP contribution in [0.15, 0.2) is 47.7 Å². The van der Waals surface area contributed by atoms with Gasteiger partial charge >= 0.3 is 0 Å². The number of amides is 3. The van der Waals surface area contributed by atoms with Crippen LogP contribution in [0.3, 0.4) is 0 Å². The molecule has 6 heterocycles. The Bertz CT molecular complexity index is 1960. The number of ether oxygens (including phenoxy) is 2. The number of hydrogen-bond acceptors (Lipinski definition) is 11. The third-order valence-electron chi connectivity index (χ3n) is 12.6. The second-order valence-corrected chi connectivity index (χ2v) is 16.0. The van der Waals surface area contributed by atoms with Crippen LogP contribution in [-0.2, 0) is 22.7 Å². The normalized spacial score (nSPS) is 24.6. The first kappa shape index (κ1) is 36.1. The van der Waals surface area contributed by atoms with Crippen LogP contribution in [0.1, 0.15) is 59.7 Å². The van der Waals surface area contributed by atoms with Gasteiger partial charge in [-0.2, -0.15) is 5.26 Å². The number of likely N-dealkylation sites (tertiary alicyclic amines) is 2. The smallest absolute Gasteiger partial charge is 0.255 e. The number of allylic oxidation sites excluding steroid dienone is 2. The molecule has 2 aromatic rings. The Hall–Kier alpha value is -4.90. The molecule has 4 saturated heterocycles. The van der Waals surface area contributed by atoms with E-state index in [1.807, 2.05) is 37.4 Å². The van der Waals surface area contributed by atoms with Gasteiger partial charge in [0.15, 0.2) is 6.23 Å². The molecule has 2 unspecified atom stereocenters. The Labute approximate surface area is 316 Å². The molecule has 284 valence electrons. The van der Waals surface area contributed by atoms with Gasteiger partial charge in [-0.1, -0.05) is 6.07 Å². The first-order chi connectivity index (χ1) is 26.0. The second-order valence-electron chi connectivity index (χ2n) is 16.0. The van der Waals surface area contributed by atoms with Crippen molar-refractivity contribution in [2.75, 3.05) is 72.0 Å². The maximum atomic E-state index is 13.3. The Morgan fingerprint density at radius 2 is 1.72 bits per heavy atom. The van der Waals surface area contributed by atoms with Gasteiger partial charge in [-0.05, 0) is 86.2 Å². The van der Waals surface area contributed by atoms with Crippen LogP contribution in [0.2, 0.25) is 0 Å². The van der Waals surface area contributed by atoms with Crippen molar-refractivity contribution in [3.05, 3.63) is 69.9 Å². The molecular weight excluding hydrogens is 686 g/mol. The van der Waals surface area contributed by atoms with Crippen LogP contribution in [0, 0.1) is 22.7 Å². The van der Waals surface area contributed by atoms with Crippen molar-refractivity contribution in [3.63, 3.8) is 0 Å². The summed E-state index contributed by atoms with van der Waals surface area (Å²) in [4.78, 5) is 48.1. The number of aliphatic hydroxyl groups excluding tert-OH is 1. The van der Waals surface area contributed by atoms with Crippen molar-refractivity contribution in [1.29, 1.82) is 5.26 Å². The molecule has 0 bridgehead atoms. The zero-order chi connectivity index (χ0) is 37.9. The van der Waals surface area contributed by atoms with Gasteiger partial charge in [-0.25, -0.2) is 0 Å². The van der Waals surface area contributed by atoms with E-state index in [2.05, 4.69) is 32.2 Å². The molecule has 2 aromatic carbocycles. The molecule has 4 fully saturated rings. The van der Waals surface area contributed by atoms with Gasteiger partial charge in [0.2, 0.25) is 11.8 Å². The highest BCUT2D eigenvalue weighted by Crippen LogP contribution is 2.44. The van der Waals surface area contributed by atoms with Gasteiger partial charge in [-0.15, -0.1) is 0 Å². The second kappa shape index (κ2) is 14.1. The first-order valence-corrected chi connectivity index (χ1v) is 19.0. The number of rotatable bonds is 9. The molecule has 8 rings (SSSR count). The highest BCUT2D eigenvalue weighted by molar-refractivity contribution is 6.05. The van der Waals surface area contributed by atoms with E-state index in [0.29, 0.717) is 35.4 Å². The number of nitrogens with zero attached hydrogens (tertiary/aromatic N) is 6. The molecular formula is C41H49N7O6. The highest BCUT2D eigenvalue weighted by Gasteiger charge is 2.46. The number of carbonyl (C=O) groups is 3. The molecule has 0 radical (unpaired) electrons. The number of aliphatic hydroxyl groups is 1. The largest absolute Gasteiger partial charge is 0.496 e. The molecule has 2 N–H and O–H groups in total. The highest BCUT2D eigenvalue weighted by atomic mass is 16.5. The fraction of sp³-hybridized carbons (Fsp3) is 0.512. The van der Waals surface area contributed by atoms with Crippen LogP contribution in [-0.4, -0.2) is 122 Å². The molecule has 6 aliphatic rings. The first-order valence-electron chi connectivity index (χ1n) is 19.0. The van der Waals surface area contributed by atoms with Crippen molar-refractivity contribution in [2.45, 2.75) is 58.0 Å². The Kier molecular flexibility index (Phi) is 9.40. The number of nitrogens with one attached hydrogen (secondary N) is 1. The predicted octanol–water partition coefficient (Wildman–Crippen LogP) is 2.94. The number of anilines is 1. The summed E-state index contributed by atoms with van der Waals surface area (Å²) in [5.74, 6) is 1.32. The molecule has 0 aliphatic carbocycles. The van der Waals surface area contributed by atoms with E-state index in [1.165, 1.54) is 12.8 Å². The minimum absolute atomic E-state index is 0.123. The van der Waals surface area contributed by atoms with Gasteiger partial charge in [0.25, 0.3) is 5.91 Å². The van der Waals surface area contributed by atoms with Gasteiger partial charge < -0.3 is 34.2 Å². The summed E-state index contributed by atoms with van der Waals surface area (Å²) in [7, 11) is 5.10. The molecule has 54 heavy (non-hydrogen) atoms. The van der Waals surface area contributed by atoms with Gasteiger partial charge in [0.05, 0.1) is 31.4 Å². The molecule has 0 saturated carbocycles. The van der Waals surface area contributed by atoms with E-state index in [4.69, 9.17) is 9.47 Å². The van der Waals surface area contributed by atoms with E-state index in [9.17, 15) is 24.8 Å². The van der Waals surface area contributed by atoms with Crippen LogP contribution in [0.4, 0.5) is 5.69 Å². The standard InChI is InChI=1S/C41H49N7O6/c1-25-31(16-42)39(51)44(2)21-32(25)28-13-35(53-3)33(36(14-28)54-4)22-46-18-26(19-46)17-45-11-9-41(10-12-45)23-47(24-41)29-6-5-27-20-48(40(52)30(27)15-29)34-7-8-37(49)43-38(34)50/h5-6,13-15,21,26,34,39,51H,7-12,17-20,22-24H2,1-4H3,(H,43,49,50). The number of hydrogen-bond donors (Lipinski definition) is 2. The lowest BCUT2D eigenvalue weighted by Gasteiger charge is -2.55. The summed E-state index contributed by atoms with van der Waals surface area (Å²) in [5, 5.41) is 22.5. The van der Waals surface area contributed by atoms with E-state index < -0.39 is 12.3 Å². The maximum absolute atomic E-state index is 13.3. The van der Waals surface area contributed by atoms with Crippen molar-refractivity contribution in [3.8, 4) is 17.6 Å². The summed E-state index contributed by atoms with van der Waals surface area (Å²) in [6, 6.07) is 11.7. The number of carbonyl (C=O) groups excluding carboxylic acids is 3. The third-order valence-corrected chi connectivity index (χ3v) is 12.6. The maximum Gasteiger partial charge on any atom is 0.255 e. The molecule has 13 heteroatoms. The summed E-state index contributed by atoms with van der Waals surface area (Å²) < 4.78 is 11.7. The van der Waals surface area contributed by atoms with Crippen LogP contribution in [0.5, 0.6) is 11.5 Å². The van der Waals surface area contributed by atoms with Crippen molar-refractivity contribution in [1.82, 2.24) is 24.9 Å². The number of likely N-dealkylation sites (N-methyl/N-ethyl adjacent to an activating group) is 1. The van der Waals surface area contributed by atoms with E-state index in [1.54, 1.807) is 31.1 Å². The van der Waals surface area contributed by atoms with Crippen molar-refractivity contribution >= 4 is 29.0 Å². The molecule has 2 atom stereocenters. The summed E-state index contributed by atoms with van der Waals surface area (Å²) in [5.41, 5.74) is 6.79. The number of benzene rings is 2. The summed E-state index contributed by atoms with van der Waals surface area (Å²) in [6.07, 6.45) is 3.86. The third kappa shape index (κ3) is 6.40. The fourth-order valence-corrected chi connectivity index (χ4v) is 9.36. The number of imide groups is 1. The van der Waals surface area contributed by atoms with Crippen molar-refractivity contribution < 1.29 is 29.0 Å². The average molecular weight is 736 g/mol. The molecule has 6 aliphatic heterocycles. The SMILES string of the molecule is COc1cc(C2=CN(C)C(O)C(C#N)=C2C)cc(OC)c1CN1CC(CN2CCC3(CC2)CN(c2ccc4c(c2)C(=O)N(C2CCC(=O)NC2=O)C4)C3)C1. The van der Waals surface area contributed by atoms with Gasteiger partial charge in [-0.3, -0.25) is 24.6 Å². The molecule has 13 nitrogen and oxygen atoms in total. The lowest BCUT2D eigenvalue weighted by atomic mass is 9.71. The quantitative estimate of drug-likeness (QED) is 0.368. The van der Waals surface area contributed by atoms with Gasteiger partial charge in [0, 0.05) is 87.7 Å². The van der Waals surface area contributed by atoms with E-state index in [-0.39, 0.29) is 24.1 Å². The minimum atomic E-state index is -0.963. The zero-order valence-corrected chi connectivity index (χ0v) is 31.6. The number of methoxy groups -OCH3 is 2.